The summed E-state index contributed by atoms with van der Waals surface area (Å²) < 4.78 is 2.80. The first-order valence-corrected chi connectivity index (χ1v) is 6.96. The molecule has 0 fully saturated rings. The Kier molecular flexibility index (Phi) is 2.00. The SMILES string of the molecule is Cc1cccc2sc3c4ccccc4ccc3c12. The third-order valence-electron chi connectivity index (χ3n) is 3.60. The zero-order chi connectivity index (χ0) is 12.1. The van der Waals surface area contributed by atoms with Crippen molar-refractivity contribution in [1.29, 1.82) is 0 Å². The zero-order valence-electron chi connectivity index (χ0n) is 10.1. The van der Waals surface area contributed by atoms with Crippen molar-refractivity contribution < 1.29 is 0 Å². The van der Waals surface area contributed by atoms with E-state index in [2.05, 4.69) is 61.5 Å². The van der Waals surface area contributed by atoms with Gasteiger partial charge in [-0.3, -0.25) is 0 Å². The van der Waals surface area contributed by atoms with Crippen molar-refractivity contribution in [3.63, 3.8) is 0 Å². The molecule has 86 valence electrons. The van der Waals surface area contributed by atoms with Crippen LogP contribution in [-0.4, -0.2) is 0 Å². The van der Waals surface area contributed by atoms with Gasteiger partial charge in [-0.25, -0.2) is 0 Å². The highest BCUT2D eigenvalue weighted by Gasteiger charge is 2.09. The first kappa shape index (κ1) is 10.1. The van der Waals surface area contributed by atoms with E-state index in [0.717, 1.165) is 0 Å². The Morgan fingerprint density at radius 2 is 1.67 bits per heavy atom. The van der Waals surface area contributed by atoms with E-state index < -0.39 is 0 Å². The van der Waals surface area contributed by atoms with Crippen molar-refractivity contribution in [3.8, 4) is 0 Å². The largest absolute Gasteiger partial charge is 0.135 e. The van der Waals surface area contributed by atoms with Crippen LogP contribution >= 0.6 is 11.3 Å². The molecule has 0 saturated carbocycles. The van der Waals surface area contributed by atoms with Gasteiger partial charge >= 0.3 is 0 Å². The van der Waals surface area contributed by atoms with Crippen molar-refractivity contribution in [3.05, 3.63) is 60.2 Å². The smallest absolute Gasteiger partial charge is 0.0433 e. The number of fused-ring (bicyclic) bond motifs is 5. The molecule has 1 heterocycles. The van der Waals surface area contributed by atoms with Gasteiger partial charge < -0.3 is 0 Å². The van der Waals surface area contributed by atoms with Gasteiger partial charge in [-0.2, -0.15) is 0 Å². The summed E-state index contributed by atoms with van der Waals surface area (Å²) >= 11 is 1.91. The van der Waals surface area contributed by atoms with Gasteiger partial charge in [-0.05, 0) is 29.3 Å². The maximum absolute atomic E-state index is 2.27. The molecule has 0 saturated heterocycles. The fourth-order valence-corrected chi connectivity index (χ4v) is 4.05. The lowest BCUT2D eigenvalue weighted by Gasteiger charge is -1.99. The lowest BCUT2D eigenvalue weighted by atomic mass is 10.0. The molecule has 0 aliphatic rings. The molecule has 1 heteroatoms. The second-order valence-electron chi connectivity index (χ2n) is 4.71. The zero-order valence-corrected chi connectivity index (χ0v) is 10.9. The van der Waals surface area contributed by atoms with Crippen molar-refractivity contribution in [1.82, 2.24) is 0 Å². The molecule has 0 aliphatic heterocycles. The number of hydrogen-bond donors (Lipinski definition) is 0. The standard InChI is InChI=1S/C17H12S/c1-11-5-4-8-15-16(11)14-10-9-12-6-2-3-7-13(12)17(14)18-15/h2-10H,1H3. The summed E-state index contributed by atoms with van der Waals surface area (Å²) in [7, 11) is 0. The molecule has 0 unspecified atom stereocenters. The van der Waals surface area contributed by atoms with Crippen LogP contribution in [0.2, 0.25) is 0 Å². The van der Waals surface area contributed by atoms with Gasteiger partial charge in [0.1, 0.15) is 0 Å². The lowest BCUT2D eigenvalue weighted by molar-refractivity contribution is 1.55. The Balaban J connectivity index is 2.34. The van der Waals surface area contributed by atoms with Crippen LogP contribution in [0.15, 0.2) is 54.6 Å². The summed E-state index contributed by atoms with van der Waals surface area (Å²) in [5.41, 5.74) is 1.37. The van der Waals surface area contributed by atoms with Gasteiger partial charge in [0, 0.05) is 20.2 Å². The van der Waals surface area contributed by atoms with E-state index in [1.165, 1.54) is 36.5 Å². The monoisotopic (exact) mass is 248 g/mol. The van der Waals surface area contributed by atoms with Crippen LogP contribution in [0.5, 0.6) is 0 Å². The molecule has 18 heavy (non-hydrogen) atoms. The minimum atomic E-state index is 1.33. The topological polar surface area (TPSA) is 0 Å². The highest BCUT2D eigenvalue weighted by atomic mass is 32.1. The summed E-state index contributed by atoms with van der Waals surface area (Å²) in [4.78, 5) is 0. The normalized spacial score (nSPS) is 11.6. The van der Waals surface area contributed by atoms with Crippen LogP contribution in [0.4, 0.5) is 0 Å². The van der Waals surface area contributed by atoms with Crippen LogP contribution in [0.25, 0.3) is 30.9 Å². The molecule has 0 N–H and O–H groups in total. The summed E-state index contributed by atoms with van der Waals surface area (Å²) in [5.74, 6) is 0. The van der Waals surface area contributed by atoms with Gasteiger partial charge in [-0.15, -0.1) is 11.3 Å². The number of thiophene rings is 1. The van der Waals surface area contributed by atoms with Crippen LogP contribution in [0, 0.1) is 6.92 Å². The van der Waals surface area contributed by atoms with Crippen LogP contribution in [0.3, 0.4) is 0 Å². The third kappa shape index (κ3) is 1.25. The predicted octanol–water partition coefficient (Wildman–Crippen LogP) is 5.52. The van der Waals surface area contributed by atoms with Crippen molar-refractivity contribution in [2.45, 2.75) is 6.92 Å². The molecule has 0 spiro atoms. The lowest BCUT2D eigenvalue weighted by Crippen LogP contribution is -1.74. The molecule has 4 aromatic rings. The first-order chi connectivity index (χ1) is 8.84. The van der Waals surface area contributed by atoms with E-state index in [1.54, 1.807) is 0 Å². The number of hydrogen-bond acceptors (Lipinski definition) is 1. The molecule has 0 radical (unpaired) electrons. The average Bonchev–Trinajstić information content (AvgIpc) is 2.79. The van der Waals surface area contributed by atoms with Gasteiger partial charge in [0.05, 0.1) is 0 Å². The van der Waals surface area contributed by atoms with Crippen LogP contribution in [0.1, 0.15) is 5.56 Å². The van der Waals surface area contributed by atoms with E-state index in [4.69, 9.17) is 0 Å². The summed E-state index contributed by atoms with van der Waals surface area (Å²) in [6.45, 7) is 2.20. The Hall–Kier alpha value is -1.86. The molecule has 4 rings (SSSR count). The Morgan fingerprint density at radius 1 is 0.778 bits per heavy atom. The van der Waals surface area contributed by atoms with Crippen molar-refractivity contribution in [2.75, 3.05) is 0 Å². The third-order valence-corrected chi connectivity index (χ3v) is 4.80. The maximum atomic E-state index is 2.27. The molecular weight excluding hydrogens is 236 g/mol. The Morgan fingerprint density at radius 3 is 2.61 bits per heavy atom. The molecule has 0 nitrogen and oxygen atoms in total. The second-order valence-corrected chi connectivity index (χ2v) is 5.77. The molecule has 0 aliphatic carbocycles. The number of rotatable bonds is 0. The average molecular weight is 248 g/mol. The van der Waals surface area contributed by atoms with E-state index in [9.17, 15) is 0 Å². The number of benzene rings is 3. The van der Waals surface area contributed by atoms with Gasteiger partial charge in [0.15, 0.2) is 0 Å². The summed E-state index contributed by atoms with van der Waals surface area (Å²) in [6, 6.07) is 19.7. The maximum Gasteiger partial charge on any atom is 0.0433 e. The molecular formula is C17H12S. The van der Waals surface area contributed by atoms with Gasteiger partial charge in [0.25, 0.3) is 0 Å². The molecule has 0 amide bonds. The summed E-state index contributed by atoms with van der Waals surface area (Å²) in [6.07, 6.45) is 0. The van der Waals surface area contributed by atoms with Gasteiger partial charge in [0.2, 0.25) is 0 Å². The molecule has 1 aromatic heterocycles. The van der Waals surface area contributed by atoms with E-state index in [-0.39, 0.29) is 0 Å². The molecule has 0 bridgehead atoms. The van der Waals surface area contributed by atoms with E-state index >= 15 is 0 Å². The van der Waals surface area contributed by atoms with Crippen molar-refractivity contribution >= 4 is 42.3 Å². The fourth-order valence-electron chi connectivity index (χ4n) is 2.73. The van der Waals surface area contributed by atoms with Crippen molar-refractivity contribution in [2.24, 2.45) is 0 Å². The Bertz CT molecular complexity index is 884. The second kappa shape index (κ2) is 3.56. The van der Waals surface area contributed by atoms with Crippen LogP contribution in [-0.2, 0) is 0 Å². The highest BCUT2D eigenvalue weighted by Crippen LogP contribution is 2.39. The summed E-state index contributed by atoms with van der Waals surface area (Å²) in [5, 5.41) is 5.51. The predicted molar refractivity (Wildman–Crippen MR) is 81.6 cm³/mol. The molecule has 3 aromatic carbocycles. The number of aryl methyl sites for hydroxylation is 1. The first-order valence-electron chi connectivity index (χ1n) is 6.14. The van der Waals surface area contributed by atoms with Gasteiger partial charge in [-0.1, -0.05) is 48.5 Å². The quantitative estimate of drug-likeness (QED) is 0.384. The Labute approximate surface area is 109 Å². The molecule has 0 atom stereocenters. The van der Waals surface area contributed by atoms with E-state index in [0.29, 0.717) is 0 Å². The van der Waals surface area contributed by atoms with Crippen LogP contribution < -0.4 is 0 Å². The highest BCUT2D eigenvalue weighted by molar-refractivity contribution is 7.26. The fraction of sp³-hybridized carbons (Fsp3) is 0.0588. The van der Waals surface area contributed by atoms with E-state index in [1.807, 2.05) is 11.3 Å². The minimum Gasteiger partial charge on any atom is -0.135 e. The minimum absolute atomic E-state index is 1.33.